The second-order valence-corrected chi connectivity index (χ2v) is 6.23. The third-order valence-electron chi connectivity index (χ3n) is 3.84. The first-order valence-corrected chi connectivity index (χ1v) is 7.99. The van der Waals surface area contributed by atoms with Crippen molar-refractivity contribution in [3.05, 3.63) is 69.7 Å². The van der Waals surface area contributed by atoms with E-state index in [-0.39, 0.29) is 6.54 Å². The van der Waals surface area contributed by atoms with Gasteiger partial charge in [-0.1, -0.05) is 59.6 Å². The minimum Gasteiger partial charge on any atom is -0.434 e. The number of carbonyl (C=O) groups is 2. The molecule has 0 aliphatic carbocycles. The van der Waals surface area contributed by atoms with Crippen molar-refractivity contribution in [1.82, 2.24) is 4.90 Å². The van der Waals surface area contributed by atoms with Crippen LogP contribution in [0.15, 0.2) is 48.5 Å². The van der Waals surface area contributed by atoms with Crippen LogP contribution in [0.1, 0.15) is 17.2 Å². The summed E-state index contributed by atoms with van der Waals surface area (Å²) in [5.74, 6) is -0.674. The third-order valence-corrected chi connectivity index (χ3v) is 4.58. The molecule has 24 heavy (non-hydrogen) atoms. The largest absolute Gasteiger partial charge is 0.434 e. The van der Waals surface area contributed by atoms with Gasteiger partial charge in [0, 0.05) is 0 Å². The lowest BCUT2D eigenvalue weighted by Gasteiger charge is -2.27. The molecule has 0 spiro atoms. The Bertz CT molecular complexity index is 783. The molecule has 7 heteroatoms. The number of nitrogens with two attached hydrogens (primary N) is 1. The van der Waals surface area contributed by atoms with Gasteiger partial charge in [-0.2, -0.15) is 0 Å². The van der Waals surface area contributed by atoms with Gasteiger partial charge in [-0.15, -0.1) is 0 Å². The van der Waals surface area contributed by atoms with E-state index in [2.05, 4.69) is 0 Å². The Morgan fingerprint density at radius 3 is 2.42 bits per heavy atom. The number of nitrogens with zero attached hydrogens (tertiary/aromatic N) is 1. The SMILES string of the molecule is NC(=O)C1CN([C@H](c2ccccc2)c2ccc(Cl)c(Cl)c2)C(=O)O1. The van der Waals surface area contributed by atoms with Gasteiger partial charge >= 0.3 is 6.09 Å². The van der Waals surface area contributed by atoms with Crippen LogP contribution < -0.4 is 5.73 Å². The normalized spacial score (nSPS) is 18.3. The van der Waals surface area contributed by atoms with E-state index in [0.717, 1.165) is 11.1 Å². The molecule has 2 N–H and O–H groups in total. The first-order valence-electron chi connectivity index (χ1n) is 7.24. The predicted octanol–water partition coefficient (Wildman–Crippen LogP) is 3.39. The molecule has 1 aliphatic rings. The fourth-order valence-electron chi connectivity index (χ4n) is 2.71. The summed E-state index contributed by atoms with van der Waals surface area (Å²) in [5, 5.41) is 0.806. The Balaban J connectivity index is 2.04. The van der Waals surface area contributed by atoms with Crippen molar-refractivity contribution in [2.24, 2.45) is 5.73 Å². The maximum Gasteiger partial charge on any atom is 0.411 e. The molecule has 1 unspecified atom stereocenters. The van der Waals surface area contributed by atoms with Gasteiger partial charge in [0.05, 0.1) is 22.6 Å². The molecule has 0 bridgehead atoms. The van der Waals surface area contributed by atoms with E-state index in [4.69, 9.17) is 33.7 Å². The quantitative estimate of drug-likeness (QED) is 0.903. The van der Waals surface area contributed by atoms with Crippen molar-refractivity contribution in [1.29, 1.82) is 0 Å². The Kier molecular flexibility index (Phi) is 4.64. The van der Waals surface area contributed by atoms with Gasteiger partial charge in [0.25, 0.3) is 5.91 Å². The van der Waals surface area contributed by atoms with Crippen LogP contribution in [0, 0.1) is 0 Å². The predicted molar refractivity (Wildman–Crippen MR) is 90.9 cm³/mol. The molecule has 0 radical (unpaired) electrons. The van der Waals surface area contributed by atoms with Gasteiger partial charge in [-0.05, 0) is 23.3 Å². The molecule has 1 saturated heterocycles. The van der Waals surface area contributed by atoms with E-state index in [1.165, 1.54) is 4.90 Å². The highest BCUT2D eigenvalue weighted by atomic mass is 35.5. The first-order chi connectivity index (χ1) is 11.5. The molecular formula is C17H14Cl2N2O3. The van der Waals surface area contributed by atoms with E-state index >= 15 is 0 Å². The zero-order valence-electron chi connectivity index (χ0n) is 12.5. The summed E-state index contributed by atoms with van der Waals surface area (Å²) in [5.41, 5.74) is 6.88. The fourth-order valence-corrected chi connectivity index (χ4v) is 3.02. The maximum atomic E-state index is 12.3. The summed E-state index contributed by atoms with van der Waals surface area (Å²) in [4.78, 5) is 25.1. The highest BCUT2D eigenvalue weighted by Gasteiger charge is 2.40. The summed E-state index contributed by atoms with van der Waals surface area (Å²) in [6, 6.07) is 14.1. The number of ether oxygens (including phenoxy) is 1. The lowest BCUT2D eigenvalue weighted by molar-refractivity contribution is -0.124. The standard InChI is InChI=1S/C17H14Cl2N2O3/c18-12-7-6-11(8-13(12)19)15(10-4-2-1-3-5-10)21-9-14(16(20)22)24-17(21)23/h1-8,14-15H,9H2,(H2,20,22)/t14?,15-/m1/s1. The van der Waals surface area contributed by atoms with Crippen LogP contribution in [0.25, 0.3) is 0 Å². The smallest absolute Gasteiger partial charge is 0.411 e. The second kappa shape index (κ2) is 6.71. The zero-order chi connectivity index (χ0) is 17.3. The number of rotatable bonds is 4. The van der Waals surface area contributed by atoms with Crippen LogP contribution in [0.2, 0.25) is 10.0 Å². The highest BCUT2D eigenvalue weighted by molar-refractivity contribution is 6.42. The van der Waals surface area contributed by atoms with Crippen molar-refractivity contribution in [3.8, 4) is 0 Å². The Morgan fingerprint density at radius 2 is 1.83 bits per heavy atom. The van der Waals surface area contributed by atoms with Gasteiger partial charge in [0.2, 0.25) is 0 Å². The average Bonchev–Trinajstić information content (AvgIpc) is 2.94. The maximum absolute atomic E-state index is 12.3. The average molecular weight is 365 g/mol. The molecule has 124 valence electrons. The lowest BCUT2D eigenvalue weighted by atomic mass is 9.97. The summed E-state index contributed by atoms with van der Waals surface area (Å²) in [7, 11) is 0. The van der Waals surface area contributed by atoms with Crippen molar-refractivity contribution in [3.63, 3.8) is 0 Å². The molecule has 1 fully saturated rings. The summed E-state index contributed by atoms with van der Waals surface area (Å²) in [6.07, 6.45) is -1.56. The summed E-state index contributed by atoms with van der Waals surface area (Å²) >= 11 is 12.1. The number of primary amides is 1. The van der Waals surface area contributed by atoms with Crippen molar-refractivity contribution >= 4 is 35.2 Å². The molecular weight excluding hydrogens is 351 g/mol. The van der Waals surface area contributed by atoms with Crippen LogP contribution in [0.4, 0.5) is 4.79 Å². The number of cyclic esters (lactones) is 1. The molecule has 2 amide bonds. The van der Waals surface area contributed by atoms with E-state index in [9.17, 15) is 9.59 Å². The van der Waals surface area contributed by atoms with Crippen LogP contribution in [0.3, 0.4) is 0 Å². The first kappa shape index (κ1) is 16.6. The molecule has 2 atom stereocenters. The molecule has 0 aromatic heterocycles. The zero-order valence-corrected chi connectivity index (χ0v) is 14.0. The second-order valence-electron chi connectivity index (χ2n) is 5.41. The molecule has 2 aromatic carbocycles. The molecule has 1 heterocycles. The van der Waals surface area contributed by atoms with Crippen LogP contribution in [-0.4, -0.2) is 29.5 Å². The number of benzene rings is 2. The number of hydrogen-bond donors (Lipinski definition) is 1. The molecule has 0 saturated carbocycles. The fraction of sp³-hybridized carbons (Fsp3) is 0.176. The van der Waals surface area contributed by atoms with E-state index in [1.54, 1.807) is 18.2 Å². The monoisotopic (exact) mass is 364 g/mol. The lowest BCUT2D eigenvalue weighted by Crippen LogP contribution is -2.34. The molecule has 5 nitrogen and oxygen atoms in total. The van der Waals surface area contributed by atoms with Crippen LogP contribution >= 0.6 is 23.2 Å². The Hall–Kier alpha value is -2.24. The van der Waals surface area contributed by atoms with Gasteiger partial charge in [0.15, 0.2) is 6.10 Å². The van der Waals surface area contributed by atoms with E-state index in [0.29, 0.717) is 10.0 Å². The van der Waals surface area contributed by atoms with Crippen LogP contribution in [-0.2, 0) is 9.53 Å². The highest BCUT2D eigenvalue weighted by Crippen LogP contribution is 2.35. The Morgan fingerprint density at radius 1 is 1.12 bits per heavy atom. The molecule has 1 aliphatic heterocycles. The van der Waals surface area contributed by atoms with Crippen molar-refractivity contribution in [2.45, 2.75) is 12.1 Å². The van der Waals surface area contributed by atoms with Gasteiger partial charge in [0.1, 0.15) is 0 Å². The minimum absolute atomic E-state index is 0.0774. The van der Waals surface area contributed by atoms with E-state index < -0.39 is 24.1 Å². The topological polar surface area (TPSA) is 72.6 Å². The number of halogens is 2. The number of amides is 2. The number of hydrogen-bond acceptors (Lipinski definition) is 3. The summed E-state index contributed by atoms with van der Waals surface area (Å²) < 4.78 is 5.07. The van der Waals surface area contributed by atoms with Gasteiger partial charge in [-0.3, -0.25) is 9.69 Å². The molecule has 3 rings (SSSR count). The van der Waals surface area contributed by atoms with Gasteiger partial charge in [-0.25, -0.2) is 4.79 Å². The van der Waals surface area contributed by atoms with Crippen LogP contribution in [0.5, 0.6) is 0 Å². The number of carbonyl (C=O) groups excluding carboxylic acids is 2. The molecule has 2 aromatic rings. The summed E-state index contributed by atoms with van der Waals surface area (Å²) in [6.45, 7) is 0.0774. The third kappa shape index (κ3) is 3.18. The van der Waals surface area contributed by atoms with Crippen molar-refractivity contribution in [2.75, 3.05) is 6.54 Å². The van der Waals surface area contributed by atoms with Crippen molar-refractivity contribution < 1.29 is 14.3 Å². The van der Waals surface area contributed by atoms with E-state index in [1.807, 2.05) is 30.3 Å². The Labute approximate surface area is 148 Å². The minimum atomic E-state index is -0.966. The van der Waals surface area contributed by atoms with Gasteiger partial charge < -0.3 is 10.5 Å².